The van der Waals surface area contributed by atoms with Crippen molar-refractivity contribution >= 4 is 23.8 Å². The van der Waals surface area contributed by atoms with Gasteiger partial charge < -0.3 is 31.1 Å². The van der Waals surface area contributed by atoms with Gasteiger partial charge in [-0.3, -0.25) is 14.4 Å². The Morgan fingerprint density at radius 1 is 1.00 bits per heavy atom. The van der Waals surface area contributed by atoms with Crippen LogP contribution >= 0.6 is 0 Å². The number of ether oxygens (including phenoxy) is 1. The van der Waals surface area contributed by atoms with E-state index in [-0.39, 0.29) is 16.7 Å². The van der Waals surface area contributed by atoms with E-state index in [9.17, 15) is 24.3 Å². The Labute approximate surface area is 259 Å². The van der Waals surface area contributed by atoms with E-state index >= 15 is 0 Å². The summed E-state index contributed by atoms with van der Waals surface area (Å²) in [6.07, 6.45) is 5.61. The normalized spacial score (nSPS) is 20.0. The standard InChI is InChI=1S/C33H60N4O6/c1-11-23(27(40)35-22(24(38)26(34)39)20-21-14-12-15-21)37(19-18-32(8,9)33(10)16-13-17-33)28(41)25(30(2,3)4)36-29(42)43-31(5,6)7/h21-25,38H,11-20H2,1-10H3,(H2,34,39)(H,35,40)(H,36,42)/t22?,23-,24?,25+/m0/s1. The van der Waals surface area contributed by atoms with E-state index in [1.165, 1.54) is 6.42 Å². The van der Waals surface area contributed by atoms with E-state index < -0.39 is 53.2 Å². The molecule has 248 valence electrons. The van der Waals surface area contributed by atoms with Gasteiger partial charge in [-0.1, -0.05) is 74.1 Å². The number of aliphatic hydroxyl groups excluding tert-OH is 1. The average molecular weight is 609 g/mol. The second kappa shape index (κ2) is 14.2. The van der Waals surface area contributed by atoms with Gasteiger partial charge in [-0.15, -0.1) is 0 Å². The van der Waals surface area contributed by atoms with Gasteiger partial charge in [-0.25, -0.2) is 4.79 Å². The first-order chi connectivity index (χ1) is 19.6. The molecule has 2 saturated carbocycles. The zero-order valence-corrected chi connectivity index (χ0v) is 28.5. The number of rotatable bonds is 14. The Morgan fingerprint density at radius 2 is 1.58 bits per heavy atom. The Kier molecular flexibility index (Phi) is 12.1. The predicted molar refractivity (Wildman–Crippen MR) is 168 cm³/mol. The molecule has 0 heterocycles. The zero-order valence-electron chi connectivity index (χ0n) is 28.5. The molecule has 0 bridgehead atoms. The van der Waals surface area contributed by atoms with Crippen molar-refractivity contribution in [2.24, 2.45) is 27.9 Å². The number of carbonyl (C=O) groups is 4. The third kappa shape index (κ3) is 9.82. The lowest BCUT2D eigenvalue weighted by Crippen LogP contribution is -2.61. The monoisotopic (exact) mass is 608 g/mol. The highest BCUT2D eigenvalue weighted by molar-refractivity contribution is 5.92. The summed E-state index contributed by atoms with van der Waals surface area (Å²) in [5.41, 5.74) is 4.05. The molecular formula is C33H60N4O6. The summed E-state index contributed by atoms with van der Waals surface area (Å²) in [5.74, 6) is -1.42. The van der Waals surface area contributed by atoms with E-state index in [1.807, 2.05) is 27.7 Å². The molecule has 0 saturated heterocycles. The van der Waals surface area contributed by atoms with Crippen molar-refractivity contribution in [1.82, 2.24) is 15.5 Å². The molecule has 4 amide bonds. The number of amides is 4. The molecule has 0 radical (unpaired) electrons. The fourth-order valence-corrected chi connectivity index (χ4v) is 6.12. The maximum Gasteiger partial charge on any atom is 0.408 e. The molecule has 0 aliphatic heterocycles. The smallest absolute Gasteiger partial charge is 0.408 e. The van der Waals surface area contributed by atoms with Gasteiger partial charge in [0.2, 0.25) is 17.7 Å². The van der Waals surface area contributed by atoms with Crippen molar-refractivity contribution in [3.8, 4) is 0 Å². The van der Waals surface area contributed by atoms with Crippen molar-refractivity contribution in [2.45, 2.75) is 157 Å². The SMILES string of the molecule is CC[C@@H](C(=O)NC(CC1CCC1)C(O)C(N)=O)N(CCC(C)(C)C1(C)CCC1)C(=O)[C@@H](NC(=O)OC(C)(C)C)C(C)(C)C. The highest BCUT2D eigenvalue weighted by Crippen LogP contribution is 2.55. The minimum atomic E-state index is -1.53. The van der Waals surface area contributed by atoms with Crippen LogP contribution in [-0.4, -0.2) is 70.2 Å². The highest BCUT2D eigenvalue weighted by atomic mass is 16.6. The van der Waals surface area contributed by atoms with Gasteiger partial charge in [0, 0.05) is 6.54 Å². The Morgan fingerprint density at radius 3 is 1.98 bits per heavy atom. The fourth-order valence-electron chi connectivity index (χ4n) is 6.12. The van der Waals surface area contributed by atoms with Crippen LogP contribution in [0.25, 0.3) is 0 Å². The van der Waals surface area contributed by atoms with Crippen LogP contribution in [0.3, 0.4) is 0 Å². The average Bonchev–Trinajstić information content (AvgIpc) is 2.81. The van der Waals surface area contributed by atoms with Crippen molar-refractivity contribution in [2.75, 3.05) is 6.54 Å². The molecule has 4 atom stereocenters. The molecule has 43 heavy (non-hydrogen) atoms. The van der Waals surface area contributed by atoms with Crippen LogP contribution < -0.4 is 16.4 Å². The minimum Gasteiger partial charge on any atom is -0.444 e. The molecule has 0 aromatic rings. The summed E-state index contributed by atoms with van der Waals surface area (Å²) in [5, 5.41) is 16.3. The first kappa shape index (κ1) is 36.8. The molecule has 0 spiro atoms. The fraction of sp³-hybridized carbons (Fsp3) is 0.879. The molecule has 2 aliphatic rings. The lowest BCUT2D eigenvalue weighted by Gasteiger charge is -2.52. The number of hydrogen-bond acceptors (Lipinski definition) is 6. The molecule has 5 N–H and O–H groups in total. The number of hydrogen-bond donors (Lipinski definition) is 4. The van der Waals surface area contributed by atoms with Crippen LogP contribution in [0.15, 0.2) is 0 Å². The molecule has 2 rings (SSSR count). The minimum absolute atomic E-state index is 0.0940. The number of carbonyl (C=O) groups excluding carboxylic acids is 4. The second-order valence-corrected chi connectivity index (χ2v) is 15.9. The molecule has 2 unspecified atom stereocenters. The van der Waals surface area contributed by atoms with Crippen LogP contribution in [0, 0.1) is 22.2 Å². The van der Waals surface area contributed by atoms with E-state index in [2.05, 4.69) is 31.4 Å². The topological polar surface area (TPSA) is 151 Å². The van der Waals surface area contributed by atoms with Gasteiger partial charge in [0.05, 0.1) is 6.04 Å². The molecule has 0 aromatic carbocycles. The van der Waals surface area contributed by atoms with Gasteiger partial charge in [-0.2, -0.15) is 0 Å². The maximum atomic E-state index is 14.5. The summed E-state index contributed by atoms with van der Waals surface area (Å²) < 4.78 is 5.49. The quantitative estimate of drug-likeness (QED) is 0.225. The largest absolute Gasteiger partial charge is 0.444 e. The van der Waals surface area contributed by atoms with Crippen LogP contribution in [0.2, 0.25) is 0 Å². The second-order valence-electron chi connectivity index (χ2n) is 15.9. The van der Waals surface area contributed by atoms with Crippen LogP contribution in [0.4, 0.5) is 4.79 Å². The number of alkyl carbamates (subject to hydrolysis) is 1. The van der Waals surface area contributed by atoms with Gasteiger partial charge in [0.1, 0.15) is 17.7 Å². The number of primary amides is 1. The highest BCUT2D eigenvalue weighted by Gasteiger charge is 2.47. The summed E-state index contributed by atoms with van der Waals surface area (Å²) in [4.78, 5) is 54.8. The molecule has 10 nitrogen and oxygen atoms in total. The maximum absolute atomic E-state index is 14.5. The van der Waals surface area contributed by atoms with Crippen molar-refractivity contribution in [3.05, 3.63) is 0 Å². The number of nitrogens with zero attached hydrogens (tertiary/aromatic N) is 1. The van der Waals surface area contributed by atoms with E-state index in [1.54, 1.807) is 25.7 Å². The van der Waals surface area contributed by atoms with Crippen LogP contribution in [-0.2, 0) is 19.1 Å². The third-order valence-electron chi connectivity index (χ3n) is 10.0. The third-order valence-corrected chi connectivity index (χ3v) is 10.0. The van der Waals surface area contributed by atoms with Crippen molar-refractivity contribution in [1.29, 1.82) is 0 Å². The molecule has 10 heteroatoms. The Bertz CT molecular complexity index is 990. The Balaban J connectivity index is 2.42. The van der Waals surface area contributed by atoms with E-state index in [0.717, 1.165) is 32.1 Å². The predicted octanol–water partition coefficient (Wildman–Crippen LogP) is 4.66. The number of nitrogens with two attached hydrogens (primary N) is 1. The molecular weight excluding hydrogens is 548 g/mol. The van der Waals surface area contributed by atoms with Gasteiger partial charge in [0.15, 0.2) is 6.10 Å². The summed E-state index contributed by atoms with van der Waals surface area (Å²) in [6, 6.07) is -2.69. The first-order valence-electron chi connectivity index (χ1n) is 16.2. The summed E-state index contributed by atoms with van der Waals surface area (Å²) in [6.45, 7) is 19.7. The van der Waals surface area contributed by atoms with Gasteiger partial charge in [0.25, 0.3) is 0 Å². The van der Waals surface area contributed by atoms with Gasteiger partial charge >= 0.3 is 6.09 Å². The van der Waals surface area contributed by atoms with Gasteiger partial charge in [-0.05, 0) is 75.0 Å². The van der Waals surface area contributed by atoms with Crippen LogP contribution in [0.1, 0.15) is 127 Å². The molecule has 2 fully saturated rings. The van der Waals surface area contributed by atoms with Crippen molar-refractivity contribution < 1.29 is 29.0 Å². The van der Waals surface area contributed by atoms with E-state index in [0.29, 0.717) is 31.7 Å². The molecule has 0 aromatic heterocycles. The van der Waals surface area contributed by atoms with E-state index in [4.69, 9.17) is 10.5 Å². The number of aliphatic hydroxyl groups is 1. The zero-order chi connectivity index (χ0) is 33.0. The first-order valence-corrected chi connectivity index (χ1v) is 16.2. The lowest BCUT2D eigenvalue weighted by atomic mass is 9.54. The number of nitrogens with one attached hydrogen (secondary N) is 2. The van der Waals surface area contributed by atoms with Crippen molar-refractivity contribution in [3.63, 3.8) is 0 Å². The lowest BCUT2D eigenvalue weighted by molar-refractivity contribution is -0.146. The van der Waals surface area contributed by atoms with Crippen LogP contribution in [0.5, 0.6) is 0 Å². The Hall–Kier alpha value is -2.36. The molecule has 2 aliphatic carbocycles. The summed E-state index contributed by atoms with van der Waals surface area (Å²) >= 11 is 0. The summed E-state index contributed by atoms with van der Waals surface area (Å²) in [7, 11) is 0.